The van der Waals surface area contributed by atoms with Crippen LogP contribution < -0.4 is 0 Å². The summed E-state index contributed by atoms with van der Waals surface area (Å²) in [6, 6.07) is 0. The van der Waals surface area contributed by atoms with Gasteiger partial charge in [0.15, 0.2) is 6.29 Å². The van der Waals surface area contributed by atoms with Crippen LogP contribution in [-0.4, -0.2) is 89.6 Å². The molecule has 416 valence electrons. The highest BCUT2D eigenvalue weighted by Gasteiger charge is 2.44. The first-order valence-corrected chi connectivity index (χ1v) is 29.7. The van der Waals surface area contributed by atoms with Crippen molar-refractivity contribution < 1.29 is 44.2 Å². The summed E-state index contributed by atoms with van der Waals surface area (Å²) in [7, 11) is 0. The molecule has 0 radical (unpaired) electrons. The van der Waals surface area contributed by atoms with Crippen molar-refractivity contribution in [2.24, 2.45) is 0 Å². The summed E-state index contributed by atoms with van der Waals surface area (Å²) in [5.74, 6) is -0.320. The van der Waals surface area contributed by atoms with Crippen LogP contribution in [0.4, 0.5) is 0 Å². The second kappa shape index (κ2) is 53.2. The summed E-state index contributed by atoms with van der Waals surface area (Å²) >= 11 is 0. The number of hydrogen-bond donors (Lipinski definition) is 4. The van der Waals surface area contributed by atoms with Crippen LogP contribution >= 0.6 is 0 Å². The fourth-order valence-electron chi connectivity index (χ4n) is 8.73. The number of hydrogen-bond acceptors (Lipinski definition) is 9. The molecule has 1 saturated heterocycles. The van der Waals surface area contributed by atoms with Crippen molar-refractivity contribution in [1.29, 1.82) is 0 Å². The molecule has 0 aliphatic carbocycles. The Morgan fingerprint density at radius 3 is 1.28 bits per heavy atom. The lowest BCUT2D eigenvalue weighted by Crippen LogP contribution is -2.59. The van der Waals surface area contributed by atoms with Crippen LogP contribution in [0.1, 0.15) is 245 Å². The van der Waals surface area contributed by atoms with Crippen LogP contribution in [0.15, 0.2) is 85.1 Å². The van der Waals surface area contributed by atoms with E-state index in [9.17, 15) is 25.2 Å². The number of carbonyl (C=O) groups excluding carboxylic acids is 1. The third kappa shape index (κ3) is 42.7. The average Bonchev–Trinajstić information content (AvgIpc) is 3.38. The van der Waals surface area contributed by atoms with Crippen LogP contribution in [0.3, 0.4) is 0 Å². The normalized spacial score (nSPS) is 19.3. The molecule has 0 amide bonds. The van der Waals surface area contributed by atoms with Crippen LogP contribution in [0, 0.1) is 0 Å². The van der Waals surface area contributed by atoms with Gasteiger partial charge in [-0.3, -0.25) is 4.79 Å². The average molecular weight is 1010 g/mol. The van der Waals surface area contributed by atoms with E-state index in [-0.39, 0.29) is 19.2 Å². The Labute approximate surface area is 441 Å². The van der Waals surface area contributed by atoms with Gasteiger partial charge in [0.1, 0.15) is 30.5 Å². The molecule has 0 aromatic heterocycles. The van der Waals surface area contributed by atoms with Gasteiger partial charge in [-0.1, -0.05) is 234 Å². The van der Waals surface area contributed by atoms with E-state index in [1.54, 1.807) is 0 Å². The minimum absolute atomic E-state index is 0.119. The zero-order chi connectivity index (χ0) is 52.1. The Morgan fingerprint density at radius 1 is 0.458 bits per heavy atom. The first kappa shape index (κ1) is 67.4. The van der Waals surface area contributed by atoms with E-state index in [2.05, 4.69) is 98.9 Å². The Kier molecular flexibility index (Phi) is 49.8. The number of rotatable bonds is 51. The van der Waals surface area contributed by atoms with E-state index < -0.39 is 43.4 Å². The summed E-state index contributed by atoms with van der Waals surface area (Å²) in [5, 5.41) is 40.4. The number of esters is 1. The molecule has 6 atom stereocenters. The quantitative estimate of drug-likeness (QED) is 0.0267. The Bertz CT molecular complexity index is 1380. The first-order valence-electron chi connectivity index (χ1n) is 29.7. The van der Waals surface area contributed by atoms with Crippen LogP contribution in [0.2, 0.25) is 0 Å². The summed E-state index contributed by atoms with van der Waals surface area (Å²) in [6.45, 7) is 4.44. The third-order valence-electron chi connectivity index (χ3n) is 13.3. The molecule has 0 saturated carbocycles. The maximum absolute atomic E-state index is 12.9. The summed E-state index contributed by atoms with van der Waals surface area (Å²) < 4.78 is 23.0. The molecule has 9 heteroatoms. The Hall–Kier alpha value is -2.63. The molecule has 1 fully saturated rings. The van der Waals surface area contributed by atoms with Crippen molar-refractivity contribution in [3.63, 3.8) is 0 Å². The maximum Gasteiger partial charge on any atom is 0.306 e. The van der Waals surface area contributed by atoms with Crippen LogP contribution in [-0.2, 0) is 23.7 Å². The standard InChI is InChI=1S/C63H110O9/c1-3-5-7-9-11-13-15-17-19-21-23-25-27-28-29-31-33-35-37-39-41-43-45-47-49-51-53-69-55-57(56-70-63-62(68)61(67)60(66)58(54-64)72-63)71-59(65)52-50-48-46-44-42-40-38-36-34-32-30-26-24-22-20-18-16-14-12-10-8-6-4-2/h6,8,12,14-15,17-18,20-21,23-24,26-28,57-58,60-64,66-68H,3-5,7,9-11,13,16,19,22,25,29-56H2,1-2H3/b8-6-,14-12-,17-15-,20-18-,23-21-,26-24-,28-27-. The number of ether oxygens (including phenoxy) is 4. The van der Waals surface area contributed by atoms with Crippen molar-refractivity contribution in [2.75, 3.05) is 26.4 Å². The van der Waals surface area contributed by atoms with E-state index in [0.717, 1.165) is 77.0 Å². The Morgan fingerprint density at radius 2 is 0.847 bits per heavy atom. The van der Waals surface area contributed by atoms with E-state index in [1.165, 1.54) is 148 Å². The predicted molar refractivity (Wildman–Crippen MR) is 302 cm³/mol. The van der Waals surface area contributed by atoms with Crippen molar-refractivity contribution in [3.8, 4) is 0 Å². The number of unbranched alkanes of at least 4 members (excludes halogenated alkanes) is 26. The molecule has 72 heavy (non-hydrogen) atoms. The van der Waals surface area contributed by atoms with E-state index in [0.29, 0.717) is 13.0 Å². The Balaban J connectivity index is 2.16. The molecule has 1 aliphatic rings. The zero-order valence-electron chi connectivity index (χ0n) is 46.2. The van der Waals surface area contributed by atoms with Gasteiger partial charge in [-0.2, -0.15) is 0 Å². The SMILES string of the molecule is CC/C=C\C/C=C\C/C=C\C/C=C\CCCCCCCCCCCCC(=O)OC(COCCCCCCCCCCCCC/C=C\C/C=C\C/C=C\CCCCCCC)COC1OC(CO)C(O)C(O)C1O. The molecule has 1 heterocycles. The first-order chi connectivity index (χ1) is 35.4. The molecule has 0 aromatic rings. The molecule has 1 rings (SSSR count). The summed E-state index contributed by atoms with van der Waals surface area (Å²) in [4.78, 5) is 12.9. The molecular weight excluding hydrogens is 901 g/mol. The fourth-order valence-corrected chi connectivity index (χ4v) is 8.73. The maximum atomic E-state index is 12.9. The number of allylic oxidation sites excluding steroid dienone is 14. The highest BCUT2D eigenvalue weighted by molar-refractivity contribution is 5.69. The van der Waals surface area contributed by atoms with E-state index in [4.69, 9.17) is 18.9 Å². The van der Waals surface area contributed by atoms with E-state index in [1.807, 2.05) is 0 Å². The van der Waals surface area contributed by atoms with Gasteiger partial charge in [-0.15, -0.1) is 0 Å². The smallest absolute Gasteiger partial charge is 0.306 e. The van der Waals surface area contributed by atoms with Crippen molar-refractivity contribution in [3.05, 3.63) is 85.1 Å². The molecule has 1 aliphatic heterocycles. The predicted octanol–water partition coefficient (Wildman–Crippen LogP) is 15.7. The summed E-state index contributed by atoms with van der Waals surface area (Å²) in [6.07, 6.45) is 66.3. The second-order valence-electron chi connectivity index (χ2n) is 20.1. The highest BCUT2D eigenvalue weighted by atomic mass is 16.7. The van der Waals surface area contributed by atoms with Gasteiger partial charge in [0, 0.05) is 13.0 Å². The molecule has 6 unspecified atom stereocenters. The van der Waals surface area contributed by atoms with Crippen LogP contribution in [0.5, 0.6) is 0 Å². The third-order valence-corrected chi connectivity index (χ3v) is 13.3. The van der Waals surface area contributed by atoms with Gasteiger partial charge in [0.25, 0.3) is 0 Å². The second-order valence-corrected chi connectivity index (χ2v) is 20.1. The molecule has 0 bridgehead atoms. The largest absolute Gasteiger partial charge is 0.457 e. The summed E-state index contributed by atoms with van der Waals surface area (Å²) in [5.41, 5.74) is 0. The van der Waals surface area contributed by atoms with Crippen molar-refractivity contribution in [1.82, 2.24) is 0 Å². The van der Waals surface area contributed by atoms with Gasteiger partial charge < -0.3 is 39.4 Å². The van der Waals surface area contributed by atoms with Crippen LogP contribution in [0.25, 0.3) is 0 Å². The lowest BCUT2D eigenvalue weighted by Gasteiger charge is -2.39. The van der Waals surface area contributed by atoms with Gasteiger partial charge >= 0.3 is 5.97 Å². The molecule has 4 N–H and O–H groups in total. The van der Waals surface area contributed by atoms with Crippen molar-refractivity contribution in [2.45, 2.75) is 282 Å². The molecular formula is C63H110O9. The molecule has 0 aromatic carbocycles. The van der Waals surface area contributed by atoms with Crippen molar-refractivity contribution >= 4 is 5.97 Å². The monoisotopic (exact) mass is 1010 g/mol. The van der Waals surface area contributed by atoms with Gasteiger partial charge in [0.2, 0.25) is 0 Å². The number of aliphatic hydroxyl groups is 4. The van der Waals surface area contributed by atoms with Gasteiger partial charge in [-0.25, -0.2) is 0 Å². The fraction of sp³-hybridized carbons (Fsp3) is 0.762. The minimum Gasteiger partial charge on any atom is -0.457 e. The molecule has 0 spiro atoms. The zero-order valence-corrected chi connectivity index (χ0v) is 46.2. The number of carbonyl (C=O) groups is 1. The topological polar surface area (TPSA) is 135 Å². The van der Waals surface area contributed by atoms with E-state index >= 15 is 0 Å². The molecule has 9 nitrogen and oxygen atoms in total. The lowest BCUT2D eigenvalue weighted by atomic mass is 9.99. The minimum atomic E-state index is -1.54. The lowest BCUT2D eigenvalue weighted by molar-refractivity contribution is -0.305. The highest BCUT2D eigenvalue weighted by Crippen LogP contribution is 2.23. The van der Waals surface area contributed by atoms with Gasteiger partial charge in [0.05, 0.1) is 19.8 Å². The number of aliphatic hydroxyl groups excluding tert-OH is 4. The van der Waals surface area contributed by atoms with Gasteiger partial charge in [-0.05, 0) is 89.9 Å².